The van der Waals surface area contributed by atoms with Crippen LogP contribution in [0.25, 0.3) is 21.8 Å². The second kappa shape index (κ2) is 6.93. The van der Waals surface area contributed by atoms with Gasteiger partial charge in [0.15, 0.2) is 0 Å². The fourth-order valence-electron chi connectivity index (χ4n) is 4.02. The van der Waals surface area contributed by atoms with E-state index in [0.717, 1.165) is 24.1 Å². The molecule has 1 nitrogen and oxygen atoms in total. The molecule has 132 valence electrons. The van der Waals surface area contributed by atoms with E-state index < -0.39 is 0 Å². The highest BCUT2D eigenvalue weighted by Crippen LogP contribution is 2.32. The van der Waals surface area contributed by atoms with E-state index in [2.05, 4.69) is 68.4 Å². The van der Waals surface area contributed by atoms with Crippen LogP contribution in [-0.4, -0.2) is 4.57 Å². The summed E-state index contributed by atoms with van der Waals surface area (Å²) in [5.41, 5.74) is 4.64. The Hall–Kier alpha value is -2.64. The van der Waals surface area contributed by atoms with Crippen molar-refractivity contribution >= 4 is 21.8 Å². The zero-order valence-corrected chi connectivity index (χ0v) is 16.3. The second-order valence-electron chi connectivity index (χ2n) is 8.56. The topological polar surface area (TPSA) is 4.93 Å². The molecule has 0 amide bonds. The molecule has 1 heterocycles. The van der Waals surface area contributed by atoms with Gasteiger partial charge in [-0.25, -0.2) is 0 Å². The summed E-state index contributed by atoms with van der Waals surface area (Å²) in [4.78, 5) is 0. The Balaban J connectivity index is 2.06. The van der Waals surface area contributed by atoms with Crippen molar-refractivity contribution in [3.8, 4) is 24.7 Å². The van der Waals surface area contributed by atoms with Gasteiger partial charge in [-0.05, 0) is 60.6 Å². The second-order valence-corrected chi connectivity index (χ2v) is 8.56. The van der Waals surface area contributed by atoms with Gasteiger partial charge in [0, 0.05) is 39.5 Å². The first kappa shape index (κ1) is 18.2. The first-order valence-corrected chi connectivity index (χ1v) is 9.31. The summed E-state index contributed by atoms with van der Waals surface area (Å²) >= 11 is 0. The van der Waals surface area contributed by atoms with Gasteiger partial charge in [0.1, 0.15) is 0 Å². The minimum absolute atomic E-state index is 0.365. The number of aryl methyl sites for hydroxylation is 1. The summed E-state index contributed by atoms with van der Waals surface area (Å²) in [7, 11) is 0. The van der Waals surface area contributed by atoms with Crippen molar-refractivity contribution in [2.75, 3.05) is 0 Å². The summed E-state index contributed by atoms with van der Waals surface area (Å²) < 4.78 is 2.42. The maximum absolute atomic E-state index is 5.62. The zero-order valence-electron chi connectivity index (χ0n) is 16.3. The van der Waals surface area contributed by atoms with Gasteiger partial charge in [-0.1, -0.05) is 39.5 Å². The molecule has 0 radical (unpaired) electrons. The third kappa shape index (κ3) is 3.63. The lowest BCUT2D eigenvalue weighted by Crippen LogP contribution is -2.13. The predicted octanol–water partition coefficient (Wildman–Crippen LogP) is 6.22. The van der Waals surface area contributed by atoms with E-state index in [1.807, 2.05) is 12.1 Å². The quantitative estimate of drug-likeness (QED) is 0.496. The summed E-state index contributed by atoms with van der Waals surface area (Å²) in [5, 5.41) is 2.38. The molecule has 0 bridgehead atoms. The zero-order chi connectivity index (χ0) is 18.9. The van der Waals surface area contributed by atoms with Gasteiger partial charge in [0.25, 0.3) is 0 Å². The maximum atomic E-state index is 5.62. The Bertz CT molecular complexity index is 957. The smallest absolute Gasteiger partial charge is 0.0492 e. The Labute approximate surface area is 157 Å². The lowest BCUT2D eigenvalue weighted by atomic mass is 9.84. The Morgan fingerprint density at radius 3 is 1.85 bits per heavy atom. The van der Waals surface area contributed by atoms with Gasteiger partial charge < -0.3 is 4.57 Å². The van der Waals surface area contributed by atoms with Gasteiger partial charge in [-0.15, -0.1) is 12.8 Å². The highest BCUT2D eigenvalue weighted by molar-refractivity contribution is 6.08. The molecule has 0 unspecified atom stereocenters. The Kier molecular flexibility index (Phi) is 4.84. The monoisotopic (exact) mass is 341 g/mol. The van der Waals surface area contributed by atoms with Gasteiger partial charge in [-0.3, -0.25) is 0 Å². The first-order chi connectivity index (χ1) is 12.3. The fourth-order valence-corrected chi connectivity index (χ4v) is 4.02. The molecule has 0 saturated heterocycles. The van der Waals surface area contributed by atoms with Crippen molar-refractivity contribution in [1.29, 1.82) is 0 Å². The number of hydrogen-bond donors (Lipinski definition) is 0. The normalized spacial score (nSPS) is 12.8. The predicted molar refractivity (Wildman–Crippen MR) is 113 cm³/mol. The largest absolute Gasteiger partial charge is 0.340 e. The number of aromatic nitrogens is 1. The molecule has 0 spiro atoms. The molecule has 2 aromatic carbocycles. The Morgan fingerprint density at radius 1 is 0.923 bits per heavy atom. The van der Waals surface area contributed by atoms with E-state index in [9.17, 15) is 0 Å². The van der Waals surface area contributed by atoms with E-state index in [0.29, 0.717) is 11.3 Å². The molecule has 0 aliphatic rings. The van der Waals surface area contributed by atoms with Crippen LogP contribution < -0.4 is 0 Å². The van der Waals surface area contributed by atoms with Crippen LogP contribution in [0.4, 0.5) is 0 Å². The van der Waals surface area contributed by atoms with Crippen LogP contribution in [-0.2, 0) is 6.54 Å². The third-order valence-corrected chi connectivity index (χ3v) is 5.00. The molecule has 0 saturated carbocycles. The van der Waals surface area contributed by atoms with Crippen LogP contribution >= 0.6 is 0 Å². The number of nitrogens with zero attached hydrogens (tertiary/aromatic N) is 1. The number of benzene rings is 2. The van der Waals surface area contributed by atoms with E-state index >= 15 is 0 Å². The highest BCUT2D eigenvalue weighted by atomic mass is 15.0. The molecule has 26 heavy (non-hydrogen) atoms. The third-order valence-electron chi connectivity index (χ3n) is 5.00. The van der Waals surface area contributed by atoms with Crippen LogP contribution in [0.1, 0.15) is 51.7 Å². The molecule has 0 N–H and O–H groups in total. The van der Waals surface area contributed by atoms with Crippen LogP contribution in [0.15, 0.2) is 36.4 Å². The molecule has 1 atom stereocenters. The average molecular weight is 341 g/mol. The molecular formula is C25H27N. The summed E-state index contributed by atoms with van der Waals surface area (Å²) in [6, 6.07) is 12.6. The maximum Gasteiger partial charge on any atom is 0.0492 e. The molecular weight excluding hydrogens is 314 g/mol. The molecule has 3 aromatic rings. The minimum Gasteiger partial charge on any atom is -0.340 e. The molecule has 0 aliphatic carbocycles. The number of hydrogen-bond acceptors (Lipinski definition) is 0. The van der Waals surface area contributed by atoms with Crippen molar-refractivity contribution in [2.24, 2.45) is 11.3 Å². The molecule has 0 fully saturated rings. The number of rotatable bonds is 4. The summed E-state index contributed by atoms with van der Waals surface area (Å²) in [6.45, 7) is 10.3. The first-order valence-electron chi connectivity index (χ1n) is 9.31. The average Bonchev–Trinajstić information content (AvgIpc) is 2.90. The minimum atomic E-state index is 0.365. The standard InChI is InChI=1S/C25H27N/c1-7-19-9-11-23-21(15-19)22-16-20(8-2)10-12-24(22)26(23)14-13-18(3)17-25(4,5)6/h1-2,9-12,15-16,18H,13-14,17H2,3-6H3/t18-/m0/s1. The van der Waals surface area contributed by atoms with E-state index in [1.165, 1.54) is 28.2 Å². The van der Waals surface area contributed by atoms with E-state index in [-0.39, 0.29) is 0 Å². The van der Waals surface area contributed by atoms with Crippen LogP contribution in [0, 0.1) is 36.0 Å². The summed E-state index contributed by atoms with van der Waals surface area (Å²) in [6.07, 6.45) is 13.6. The van der Waals surface area contributed by atoms with Gasteiger partial charge in [-0.2, -0.15) is 0 Å². The number of fused-ring (bicyclic) bond motifs is 3. The lowest BCUT2D eigenvalue weighted by Gasteiger charge is -2.23. The highest BCUT2D eigenvalue weighted by Gasteiger charge is 2.17. The van der Waals surface area contributed by atoms with Crippen molar-refractivity contribution < 1.29 is 0 Å². The molecule has 0 aliphatic heterocycles. The van der Waals surface area contributed by atoms with Crippen molar-refractivity contribution in [2.45, 2.75) is 47.1 Å². The van der Waals surface area contributed by atoms with Gasteiger partial charge in [0.2, 0.25) is 0 Å². The van der Waals surface area contributed by atoms with Crippen molar-refractivity contribution in [1.82, 2.24) is 4.57 Å². The number of terminal acetylenes is 2. The van der Waals surface area contributed by atoms with Crippen LogP contribution in [0.3, 0.4) is 0 Å². The SMILES string of the molecule is C#Cc1ccc2c(c1)c1cc(C#C)ccc1n2CC[C@H](C)CC(C)(C)C. The molecule has 3 rings (SSSR count). The van der Waals surface area contributed by atoms with Crippen LogP contribution in [0.2, 0.25) is 0 Å². The van der Waals surface area contributed by atoms with E-state index in [1.54, 1.807) is 0 Å². The van der Waals surface area contributed by atoms with E-state index in [4.69, 9.17) is 12.8 Å². The lowest BCUT2D eigenvalue weighted by molar-refractivity contribution is 0.290. The fraction of sp³-hybridized carbons (Fsp3) is 0.360. The van der Waals surface area contributed by atoms with Gasteiger partial charge >= 0.3 is 0 Å². The summed E-state index contributed by atoms with van der Waals surface area (Å²) in [5.74, 6) is 6.17. The van der Waals surface area contributed by atoms with Gasteiger partial charge in [0.05, 0.1) is 0 Å². The molecule has 1 aromatic heterocycles. The molecule has 1 heteroatoms. The Morgan fingerprint density at radius 2 is 1.42 bits per heavy atom. The van der Waals surface area contributed by atoms with Crippen molar-refractivity contribution in [3.05, 3.63) is 47.5 Å². The van der Waals surface area contributed by atoms with Crippen molar-refractivity contribution in [3.63, 3.8) is 0 Å². The van der Waals surface area contributed by atoms with Crippen LogP contribution in [0.5, 0.6) is 0 Å².